The van der Waals surface area contributed by atoms with Crippen molar-refractivity contribution >= 4 is 0 Å². The molecule has 5 heteroatoms. The van der Waals surface area contributed by atoms with Crippen molar-refractivity contribution in [3.05, 3.63) is 29.8 Å². The molecule has 1 atom stereocenters. The van der Waals surface area contributed by atoms with E-state index in [-0.39, 0.29) is 11.9 Å². The maximum absolute atomic E-state index is 12.8. The van der Waals surface area contributed by atoms with E-state index in [0.717, 1.165) is 51.5 Å². The molecule has 1 unspecified atom stereocenters. The lowest BCUT2D eigenvalue weighted by molar-refractivity contribution is 0.0381. The summed E-state index contributed by atoms with van der Waals surface area (Å²) in [5.41, 5.74) is 0.908. The number of halogens is 1. The normalized spacial score (nSPS) is 18.4. The van der Waals surface area contributed by atoms with Crippen molar-refractivity contribution in [1.29, 1.82) is 0 Å². The van der Waals surface area contributed by atoms with Gasteiger partial charge in [0.1, 0.15) is 5.82 Å². The third-order valence-corrected chi connectivity index (χ3v) is 3.44. The number of hydrogen-bond donors (Lipinski definition) is 1. The van der Waals surface area contributed by atoms with E-state index in [4.69, 9.17) is 4.74 Å². The number of rotatable bonds is 6. The molecule has 1 aromatic rings. The van der Waals surface area contributed by atoms with E-state index in [1.165, 1.54) is 12.3 Å². The summed E-state index contributed by atoms with van der Waals surface area (Å²) >= 11 is 0. The molecular formula is C14H22FN3O. The molecule has 1 aliphatic rings. The molecule has 0 amide bonds. The summed E-state index contributed by atoms with van der Waals surface area (Å²) in [7, 11) is 0. The molecule has 1 aliphatic heterocycles. The second kappa shape index (κ2) is 7.53. The fraction of sp³-hybridized carbons (Fsp3) is 0.643. The van der Waals surface area contributed by atoms with Gasteiger partial charge < -0.3 is 10.1 Å². The van der Waals surface area contributed by atoms with E-state index in [1.54, 1.807) is 6.07 Å². The Morgan fingerprint density at radius 2 is 2.21 bits per heavy atom. The van der Waals surface area contributed by atoms with Crippen LogP contribution < -0.4 is 5.32 Å². The summed E-state index contributed by atoms with van der Waals surface area (Å²) in [5, 5.41) is 3.49. The van der Waals surface area contributed by atoms with Crippen LogP contribution in [0.15, 0.2) is 18.3 Å². The molecule has 0 bridgehead atoms. The number of aromatic nitrogens is 1. The Bertz CT molecular complexity index is 365. The maximum atomic E-state index is 12.8. The molecule has 4 nitrogen and oxygen atoms in total. The molecule has 2 rings (SSSR count). The van der Waals surface area contributed by atoms with Crippen LogP contribution in [0.3, 0.4) is 0 Å². The zero-order valence-electron chi connectivity index (χ0n) is 11.4. The van der Waals surface area contributed by atoms with Crippen molar-refractivity contribution < 1.29 is 9.13 Å². The molecule has 1 N–H and O–H groups in total. The Kier molecular flexibility index (Phi) is 5.69. The highest BCUT2D eigenvalue weighted by Crippen LogP contribution is 2.13. The van der Waals surface area contributed by atoms with Crippen LogP contribution >= 0.6 is 0 Å². The number of nitrogens with zero attached hydrogens (tertiary/aromatic N) is 2. The first-order chi connectivity index (χ1) is 9.29. The van der Waals surface area contributed by atoms with Gasteiger partial charge in [0.05, 0.1) is 25.1 Å². The Morgan fingerprint density at radius 3 is 2.84 bits per heavy atom. The second-order valence-electron chi connectivity index (χ2n) is 4.77. The van der Waals surface area contributed by atoms with Crippen molar-refractivity contribution in [3.63, 3.8) is 0 Å². The van der Waals surface area contributed by atoms with Crippen LogP contribution in [-0.4, -0.2) is 49.3 Å². The molecule has 106 valence electrons. The summed E-state index contributed by atoms with van der Waals surface area (Å²) in [5.74, 6) is -0.285. The van der Waals surface area contributed by atoms with Gasteiger partial charge in [0.2, 0.25) is 0 Å². The lowest BCUT2D eigenvalue weighted by Crippen LogP contribution is -2.40. The molecule has 19 heavy (non-hydrogen) atoms. The van der Waals surface area contributed by atoms with E-state index in [9.17, 15) is 4.39 Å². The van der Waals surface area contributed by atoms with Crippen LogP contribution in [0.5, 0.6) is 0 Å². The molecule has 2 heterocycles. The summed E-state index contributed by atoms with van der Waals surface area (Å²) in [4.78, 5) is 6.53. The van der Waals surface area contributed by atoms with Gasteiger partial charge in [-0.25, -0.2) is 4.39 Å². The number of pyridine rings is 1. The highest BCUT2D eigenvalue weighted by Gasteiger charge is 2.13. The zero-order valence-corrected chi connectivity index (χ0v) is 11.4. The molecule has 0 saturated carbocycles. The van der Waals surface area contributed by atoms with Gasteiger partial charge in [-0.1, -0.05) is 6.92 Å². The molecule has 0 aromatic carbocycles. The van der Waals surface area contributed by atoms with E-state index < -0.39 is 0 Å². The van der Waals surface area contributed by atoms with E-state index in [2.05, 4.69) is 22.1 Å². The van der Waals surface area contributed by atoms with Crippen LogP contribution in [0.1, 0.15) is 25.1 Å². The van der Waals surface area contributed by atoms with Gasteiger partial charge >= 0.3 is 0 Å². The number of nitrogens with one attached hydrogen (secondary N) is 1. The minimum Gasteiger partial charge on any atom is -0.379 e. The fourth-order valence-electron chi connectivity index (χ4n) is 2.27. The third kappa shape index (κ3) is 4.53. The third-order valence-electron chi connectivity index (χ3n) is 3.44. The van der Waals surface area contributed by atoms with Crippen molar-refractivity contribution in [2.45, 2.75) is 19.4 Å². The Labute approximate surface area is 114 Å². The molecule has 0 radical (unpaired) electrons. The average molecular weight is 267 g/mol. The smallest absolute Gasteiger partial charge is 0.141 e. The van der Waals surface area contributed by atoms with Crippen molar-refractivity contribution in [2.75, 3.05) is 39.4 Å². The number of ether oxygens (including phenoxy) is 1. The average Bonchev–Trinajstić information content (AvgIpc) is 2.46. The van der Waals surface area contributed by atoms with Crippen molar-refractivity contribution in [3.8, 4) is 0 Å². The highest BCUT2D eigenvalue weighted by atomic mass is 19.1. The lowest BCUT2D eigenvalue weighted by Gasteiger charge is -2.27. The van der Waals surface area contributed by atoms with Gasteiger partial charge in [-0.05, 0) is 18.6 Å². The van der Waals surface area contributed by atoms with Gasteiger partial charge in [0.25, 0.3) is 0 Å². The first-order valence-electron chi connectivity index (χ1n) is 6.94. The van der Waals surface area contributed by atoms with Crippen LogP contribution in [0, 0.1) is 5.82 Å². The van der Waals surface area contributed by atoms with E-state index >= 15 is 0 Å². The lowest BCUT2D eigenvalue weighted by atomic mass is 10.1. The molecule has 1 saturated heterocycles. The van der Waals surface area contributed by atoms with Gasteiger partial charge in [-0.2, -0.15) is 0 Å². The summed E-state index contributed by atoms with van der Waals surface area (Å²) in [6, 6.07) is 3.42. The first kappa shape index (κ1) is 14.4. The monoisotopic (exact) mass is 267 g/mol. The van der Waals surface area contributed by atoms with Crippen LogP contribution in [0.2, 0.25) is 0 Å². The Morgan fingerprint density at radius 1 is 1.42 bits per heavy atom. The van der Waals surface area contributed by atoms with Crippen molar-refractivity contribution in [1.82, 2.24) is 15.2 Å². The number of morpholine rings is 1. The maximum Gasteiger partial charge on any atom is 0.141 e. The largest absolute Gasteiger partial charge is 0.379 e. The van der Waals surface area contributed by atoms with Gasteiger partial charge in [0.15, 0.2) is 0 Å². The quantitative estimate of drug-likeness (QED) is 0.849. The van der Waals surface area contributed by atoms with Crippen LogP contribution in [-0.2, 0) is 4.74 Å². The molecule has 0 aliphatic carbocycles. The second-order valence-corrected chi connectivity index (χ2v) is 4.77. The predicted molar refractivity (Wildman–Crippen MR) is 72.5 cm³/mol. The van der Waals surface area contributed by atoms with E-state index in [0.29, 0.717) is 0 Å². The van der Waals surface area contributed by atoms with Gasteiger partial charge in [0, 0.05) is 32.2 Å². The van der Waals surface area contributed by atoms with E-state index in [1.807, 2.05) is 0 Å². The topological polar surface area (TPSA) is 37.4 Å². The summed E-state index contributed by atoms with van der Waals surface area (Å²) < 4.78 is 18.2. The SMILES string of the molecule is CCC(NCCN1CCOCC1)c1ccc(F)cn1. The summed E-state index contributed by atoms with van der Waals surface area (Å²) in [6.45, 7) is 7.71. The van der Waals surface area contributed by atoms with Crippen molar-refractivity contribution in [2.24, 2.45) is 0 Å². The minimum absolute atomic E-state index is 0.196. The molecule has 1 aromatic heterocycles. The summed E-state index contributed by atoms with van der Waals surface area (Å²) in [6.07, 6.45) is 2.23. The molecule has 1 fully saturated rings. The standard InChI is InChI=1S/C14H22FN3O/c1-2-13(14-4-3-12(15)11-17-14)16-5-6-18-7-9-19-10-8-18/h3-4,11,13,16H,2,5-10H2,1H3. The fourth-order valence-corrected chi connectivity index (χ4v) is 2.27. The first-order valence-corrected chi connectivity index (χ1v) is 6.94. The molecular weight excluding hydrogens is 245 g/mol. The van der Waals surface area contributed by atoms with Crippen LogP contribution in [0.25, 0.3) is 0 Å². The van der Waals surface area contributed by atoms with Crippen LogP contribution in [0.4, 0.5) is 4.39 Å². The minimum atomic E-state index is -0.285. The Hall–Kier alpha value is -1.04. The van der Waals surface area contributed by atoms with Gasteiger partial charge in [-0.3, -0.25) is 9.88 Å². The zero-order chi connectivity index (χ0) is 13.5. The van der Waals surface area contributed by atoms with Gasteiger partial charge in [-0.15, -0.1) is 0 Å². The highest BCUT2D eigenvalue weighted by molar-refractivity contribution is 5.09. The predicted octanol–water partition coefficient (Wildman–Crippen LogP) is 1.59. The molecule has 0 spiro atoms. The number of hydrogen-bond acceptors (Lipinski definition) is 4. The Balaban J connectivity index is 1.77.